The fourth-order valence-corrected chi connectivity index (χ4v) is 6.14. The SMILES string of the molecule is FC12CCCc3cccc(c31)C1CN(CCc3noc4ccccc34)CCC12. The Labute approximate surface area is 164 Å². The maximum absolute atomic E-state index is 16.2. The quantitative estimate of drug-likeness (QED) is 0.645. The van der Waals surface area contributed by atoms with E-state index in [0.717, 1.165) is 67.5 Å². The third kappa shape index (κ3) is 2.33. The zero-order chi connectivity index (χ0) is 18.7. The second-order valence-corrected chi connectivity index (χ2v) is 8.78. The highest BCUT2D eigenvalue weighted by Gasteiger charge is 2.55. The number of halogens is 1. The van der Waals surface area contributed by atoms with Crippen LogP contribution in [0.15, 0.2) is 47.0 Å². The number of alkyl halides is 1. The van der Waals surface area contributed by atoms with Crippen LogP contribution in [0.3, 0.4) is 0 Å². The first-order chi connectivity index (χ1) is 13.7. The van der Waals surface area contributed by atoms with Crippen molar-refractivity contribution in [2.75, 3.05) is 19.6 Å². The predicted molar refractivity (Wildman–Crippen MR) is 107 cm³/mol. The Balaban J connectivity index is 1.24. The van der Waals surface area contributed by atoms with Crippen LogP contribution in [0.2, 0.25) is 0 Å². The van der Waals surface area contributed by atoms with E-state index in [-0.39, 0.29) is 5.92 Å². The molecule has 0 N–H and O–H groups in total. The van der Waals surface area contributed by atoms with Crippen molar-refractivity contribution in [3.05, 3.63) is 64.8 Å². The molecule has 1 fully saturated rings. The van der Waals surface area contributed by atoms with Crippen LogP contribution < -0.4 is 0 Å². The maximum atomic E-state index is 16.2. The van der Waals surface area contributed by atoms with Crippen LogP contribution >= 0.6 is 0 Å². The summed E-state index contributed by atoms with van der Waals surface area (Å²) < 4.78 is 21.6. The highest BCUT2D eigenvalue weighted by atomic mass is 19.1. The van der Waals surface area contributed by atoms with Gasteiger partial charge in [-0.15, -0.1) is 0 Å². The van der Waals surface area contributed by atoms with Crippen molar-refractivity contribution in [2.24, 2.45) is 5.92 Å². The van der Waals surface area contributed by atoms with E-state index in [1.807, 2.05) is 18.2 Å². The lowest BCUT2D eigenvalue weighted by molar-refractivity contribution is 0.0219. The van der Waals surface area contributed by atoms with E-state index >= 15 is 4.39 Å². The average Bonchev–Trinajstić information content (AvgIpc) is 3.25. The molecule has 1 aromatic heterocycles. The summed E-state index contributed by atoms with van der Waals surface area (Å²) in [5.41, 5.74) is 4.44. The largest absolute Gasteiger partial charge is 0.356 e. The van der Waals surface area contributed by atoms with Crippen LogP contribution in [0.4, 0.5) is 4.39 Å². The summed E-state index contributed by atoms with van der Waals surface area (Å²) in [5.74, 6) is 0.494. The van der Waals surface area contributed by atoms with Gasteiger partial charge in [-0.1, -0.05) is 35.5 Å². The standard InChI is InChI=1S/C24H25FN2O/c25-24-12-4-6-16-5-3-8-17(23(16)24)19-15-27(13-10-20(19)24)14-11-21-18-7-1-2-9-22(18)28-26-21/h1-3,5,7-9,19-20H,4,6,10-15H2. The topological polar surface area (TPSA) is 29.3 Å². The van der Waals surface area contributed by atoms with Gasteiger partial charge in [0.1, 0.15) is 5.67 Å². The summed E-state index contributed by atoms with van der Waals surface area (Å²) in [6.07, 6.45) is 4.57. The number of rotatable bonds is 3. The van der Waals surface area contributed by atoms with E-state index in [0.29, 0.717) is 12.3 Å². The van der Waals surface area contributed by atoms with Crippen molar-refractivity contribution in [3.63, 3.8) is 0 Å². The average molecular weight is 376 g/mol. The Morgan fingerprint density at radius 1 is 1.18 bits per heavy atom. The van der Waals surface area contributed by atoms with E-state index in [2.05, 4.69) is 34.3 Å². The van der Waals surface area contributed by atoms with Crippen molar-refractivity contribution in [1.29, 1.82) is 0 Å². The summed E-state index contributed by atoms with van der Waals surface area (Å²) in [6.45, 7) is 2.89. The molecule has 2 aliphatic carbocycles. The summed E-state index contributed by atoms with van der Waals surface area (Å²) >= 11 is 0. The maximum Gasteiger partial charge on any atom is 0.167 e. The molecule has 2 aromatic carbocycles. The molecule has 3 aliphatic rings. The first kappa shape index (κ1) is 16.7. The van der Waals surface area contributed by atoms with Gasteiger partial charge in [0, 0.05) is 36.7 Å². The number of hydrogen-bond acceptors (Lipinski definition) is 3. The molecule has 2 heterocycles. The molecule has 28 heavy (non-hydrogen) atoms. The first-order valence-electron chi connectivity index (χ1n) is 10.6. The number of fused-ring (bicyclic) bond motifs is 4. The second-order valence-electron chi connectivity index (χ2n) is 8.78. The van der Waals surface area contributed by atoms with Gasteiger partial charge >= 0.3 is 0 Å². The molecular weight excluding hydrogens is 351 g/mol. The predicted octanol–water partition coefficient (Wildman–Crippen LogP) is 4.99. The van der Waals surface area contributed by atoms with E-state index in [9.17, 15) is 0 Å². The molecular formula is C24H25FN2O. The fraction of sp³-hybridized carbons (Fsp3) is 0.458. The molecule has 0 amide bonds. The molecule has 0 bridgehead atoms. The van der Waals surface area contributed by atoms with Crippen LogP contribution in [-0.2, 0) is 18.5 Å². The Kier molecular flexibility index (Phi) is 3.67. The number of aromatic nitrogens is 1. The first-order valence-corrected chi connectivity index (χ1v) is 10.6. The van der Waals surface area contributed by atoms with Crippen LogP contribution in [0.1, 0.15) is 47.6 Å². The van der Waals surface area contributed by atoms with Gasteiger partial charge in [0.05, 0.1) is 5.69 Å². The molecule has 3 aromatic rings. The molecule has 3 nitrogen and oxygen atoms in total. The van der Waals surface area contributed by atoms with Crippen molar-refractivity contribution in [2.45, 2.75) is 43.7 Å². The van der Waals surface area contributed by atoms with Gasteiger partial charge < -0.3 is 9.42 Å². The molecule has 144 valence electrons. The number of likely N-dealkylation sites (tertiary alicyclic amines) is 1. The zero-order valence-electron chi connectivity index (χ0n) is 16.0. The van der Waals surface area contributed by atoms with Crippen molar-refractivity contribution in [3.8, 4) is 0 Å². The molecule has 4 heteroatoms. The Morgan fingerprint density at radius 3 is 3.07 bits per heavy atom. The van der Waals surface area contributed by atoms with E-state index in [1.54, 1.807) is 0 Å². The lowest BCUT2D eigenvalue weighted by Crippen LogP contribution is -2.43. The van der Waals surface area contributed by atoms with Gasteiger partial charge in [0.25, 0.3) is 0 Å². The third-order valence-corrected chi connectivity index (χ3v) is 7.39. The smallest absolute Gasteiger partial charge is 0.167 e. The summed E-state index contributed by atoms with van der Waals surface area (Å²) in [7, 11) is 0. The molecule has 0 radical (unpaired) electrons. The Hall–Kier alpha value is -2.20. The molecule has 3 atom stereocenters. The normalized spacial score (nSPS) is 29.0. The Bertz CT molecular complexity index is 1040. The minimum Gasteiger partial charge on any atom is -0.356 e. The van der Waals surface area contributed by atoms with Crippen LogP contribution in [0.25, 0.3) is 11.0 Å². The van der Waals surface area contributed by atoms with E-state index < -0.39 is 5.67 Å². The van der Waals surface area contributed by atoms with Crippen LogP contribution in [0, 0.1) is 5.92 Å². The van der Waals surface area contributed by atoms with Gasteiger partial charge in [0.2, 0.25) is 0 Å². The van der Waals surface area contributed by atoms with E-state index in [4.69, 9.17) is 4.52 Å². The van der Waals surface area contributed by atoms with Gasteiger partial charge in [-0.25, -0.2) is 4.39 Å². The second kappa shape index (κ2) is 6.15. The molecule has 3 unspecified atom stereocenters. The fourth-order valence-electron chi connectivity index (χ4n) is 6.14. The number of benzene rings is 2. The molecule has 0 saturated carbocycles. The Morgan fingerprint density at radius 2 is 2.11 bits per heavy atom. The van der Waals surface area contributed by atoms with Gasteiger partial charge in [-0.3, -0.25) is 0 Å². The minimum absolute atomic E-state index is 0.160. The number of piperidine rings is 1. The monoisotopic (exact) mass is 376 g/mol. The van der Waals surface area contributed by atoms with Crippen LogP contribution in [0.5, 0.6) is 0 Å². The molecule has 1 aliphatic heterocycles. The zero-order valence-corrected chi connectivity index (χ0v) is 16.0. The number of nitrogens with zero attached hydrogens (tertiary/aromatic N) is 2. The summed E-state index contributed by atoms with van der Waals surface area (Å²) in [4.78, 5) is 2.50. The lowest BCUT2D eigenvalue weighted by atomic mass is 9.74. The van der Waals surface area contributed by atoms with Crippen molar-refractivity contribution >= 4 is 11.0 Å². The third-order valence-electron chi connectivity index (χ3n) is 7.39. The summed E-state index contributed by atoms with van der Waals surface area (Å²) in [5, 5.41) is 5.39. The highest BCUT2D eigenvalue weighted by molar-refractivity contribution is 5.79. The number of para-hydroxylation sites is 1. The van der Waals surface area contributed by atoms with Crippen molar-refractivity contribution < 1.29 is 8.91 Å². The molecule has 0 spiro atoms. The van der Waals surface area contributed by atoms with Gasteiger partial charge in [0.15, 0.2) is 5.58 Å². The summed E-state index contributed by atoms with van der Waals surface area (Å²) in [6, 6.07) is 14.5. The highest BCUT2D eigenvalue weighted by Crippen LogP contribution is 2.59. The van der Waals surface area contributed by atoms with Crippen molar-refractivity contribution in [1.82, 2.24) is 10.1 Å². The van der Waals surface area contributed by atoms with Crippen LogP contribution in [-0.4, -0.2) is 29.7 Å². The molecule has 6 rings (SSSR count). The molecule has 1 saturated heterocycles. The number of hydrogen-bond donors (Lipinski definition) is 0. The van der Waals surface area contributed by atoms with Gasteiger partial charge in [-0.05, 0) is 61.1 Å². The van der Waals surface area contributed by atoms with E-state index in [1.165, 1.54) is 11.1 Å². The lowest BCUT2D eigenvalue weighted by Gasteiger charge is -2.40. The minimum atomic E-state index is -1.08. The van der Waals surface area contributed by atoms with Gasteiger partial charge in [-0.2, -0.15) is 0 Å². The number of aryl methyl sites for hydroxylation is 1.